The number of aromatic amines is 1. The van der Waals surface area contributed by atoms with Crippen molar-refractivity contribution in [2.45, 2.75) is 152 Å². The minimum Gasteiger partial charge on any atom is -0.387 e. The van der Waals surface area contributed by atoms with Crippen LogP contribution in [0.15, 0.2) is 33.6 Å². The van der Waals surface area contributed by atoms with E-state index in [4.69, 9.17) is 19.9 Å². The Morgan fingerprint density at radius 1 is 0.907 bits per heavy atom. The van der Waals surface area contributed by atoms with Crippen molar-refractivity contribution in [3.8, 4) is 0 Å². The summed E-state index contributed by atoms with van der Waals surface area (Å²) in [5.74, 6) is -1.08. The van der Waals surface area contributed by atoms with Gasteiger partial charge in [-0.05, 0) is 19.5 Å². The van der Waals surface area contributed by atoms with E-state index in [1.165, 1.54) is 69.7 Å². The molecule has 3 aliphatic heterocycles. The number of ether oxygens (including phenoxy) is 3. The lowest BCUT2D eigenvalue weighted by atomic mass is 9.97. The second-order valence-corrected chi connectivity index (χ2v) is 14.7. The predicted molar refractivity (Wildman–Crippen MR) is 198 cm³/mol. The third-order valence-corrected chi connectivity index (χ3v) is 10.7. The number of nitrogens with zero attached hydrogens (tertiary/aromatic N) is 3. The van der Waals surface area contributed by atoms with Gasteiger partial charge in [0, 0.05) is 38.9 Å². The lowest BCUT2D eigenvalue weighted by molar-refractivity contribution is -0.232. The second kappa shape index (κ2) is 21.3. The molecule has 17 heteroatoms. The highest BCUT2D eigenvalue weighted by Crippen LogP contribution is 2.36. The number of unbranched alkanes of at least 4 members (excludes halogenated alkanes) is 12. The summed E-state index contributed by atoms with van der Waals surface area (Å²) in [5.41, 5.74) is 4.20. The Morgan fingerprint density at radius 3 is 2.09 bits per heavy atom. The van der Waals surface area contributed by atoms with Crippen LogP contribution in [0.2, 0.25) is 0 Å². The summed E-state index contributed by atoms with van der Waals surface area (Å²) in [4.78, 5) is 56.7. The number of aliphatic hydroxyl groups is 4. The first-order chi connectivity index (χ1) is 25.9. The highest BCUT2D eigenvalue weighted by atomic mass is 16.7. The Labute approximate surface area is 316 Å². The number of aromatic nitrogens is 2. The summed E-state index contributed by atoms with van der Waals surface area (Å²) in [7, 11) is 3.02. The summed E-state index contributed by atoms with van der Waals surface area (Å²) < 4.78 is 18.7. The molecule has 2 saturated heterocycles. The molecular weight excluding hydrogens is 704 g/mol. The van der Waals surface area contributed by atoms with Crippen LogP contribution in [0.4, 0.5) is 0 Å². The fourth-order valence-electron chi connectivity index (χ4n) is 7.38. The van der Waals surface area contributed by atoms with Gasteiger partial charge in [-0.25, -0.2) is 4.79 Å². The van der Waals surface area contributed by atoms with E-state index in [1.54, 1.807) is 18.0 Å². The molecule has 4 heterocycles. The number of nitrogens with one attached hydrogen (secondary N) is 2. The monoisotopic (exact) mass is 766 g/mol. The molecule has 0 radical (unpaired) electrons. The van der Waals surface area contributed by atoms with Crippen molar-refractivity contribution in [1.29, 1.82) is 0 Å². The SMILES string of the molecule is CCCCCCCCCCCCCCCNC(=O)C1=CCN(C)[C@@H]([C@H](OC2OC(CN)C(O)C2O)C2OC(n3ccc(=O)[nH]c3=O)C(O)C2O)C(=O)N1C. The zero-order valence-corrected chi connectivity index (χ0v) is 31.9. The first kappa shape index (κ1) is 43.7. The quantitative estimate of drug-likeness (QED) is 0.0804. The van der Waals surface area contributed by atoms with Gasteiger partial charge in [0.25, 0.3) is 11.5 Å². The normalized spacial score (nSPS) is 29.7. The number of carbonyl (C=O) groups excluding carboxylic acids is 2. The molecular formula is C37H62N6O11. The van der Waals surface area contributed by atoms with Gasteiger partial charge < -0.3 is 50.6 Å². The van der Waals surface area contributed by atoms with Gasteiger partial charge in [0.2, 0.25) is 5.91 Å². The Hall–Kier alpha value is -3.00. The molecule has 0 saturated carbocycles. The number of rotatable bonds is 21. The number of amides is 2. The summed E-state index contributed by atoms with van der Waals surface area (Å²) in [6.45, 7) is 2.58. The van der Waals surface area contributed by atoms with E-state index in [1.807, 2.05) is 0 Å². The molecule has 4 rings (SSSR count). The summed E-state index contributed by atoms with van der Waals surface area (Å²) in [6.07, 6.45) is 4.80. The topological polar surface area (TPSA) is 242 Å². The summed E-state index contributed by atoms with van der Waals surface area (Å²) in [5, 5.41) is 46.5. The molecule has 0 aromatic carbocycles. The Balaban J connectivity index is 1.38. The molecule has 10 atom stereocenters. The van der Waals surface area contributed by atoms with E-state index >= 15 is 0 Å². The average molecular weight is 767 g/mol. The van der Waals surface area contributed by atoms with Crippen molar-refractivity contribution in [3.05, 3.63) is 44.9 Å². The fourth-order valence-corrected chi connectivity index (χ4v) is 7.38. The van der Waals surface area contributed by atoms with Crippen molar-refractivity contribution in [1.82, 2.24) is 24.7 Å². The lowest BCUT2D eigenvalue weighted by Gasteiger charge is -2.38. The number of nitrogens with two attached hydrogens (primary N) is 1. The second-order valence-electron chi connectivity index (χ2n) is 14.7. The first-order valence-electron chi connectivity index (χ1n) is 19.6. The van der Waals surface area contributed by atoms with E-state index in [9.17, 15) is 39.6 Å². The number of likely N-dealkylation sites (N-methyl/N-ethyl adjacent to an activating group) is 2. The van der Waals surface area contributed by atoms with Crippen LogP contribution in [-0.4, -0.2) is 140 Å². The molecule has 0 aliphatic carbocycles. The van der Waals surface area contributed by atoms with Crippen LogP contribution in [0.3, 0.4) is 0 Å². The van der Waals surface area contributed by atoms with Gasteiger partial charge in [-0.3, -0.25) is 28.8 Å². The predicted octanol–water partition coefficient (Wildman–Crippen LogP) is -0.190. The van der Waals surface area contributed by atoms with Gasteiger partial charge in [-0.15, -0.1) is 0 Å². The Kier molecular flexibility index (Phi) is 17.3. The molecule has 2 fully saturated rings. The van der Waals surface area contributed by atoms with Gasteiger partial charge in [-0.2, -0.15) is 0 Å². The van der Waals surface area contributed by atoms with Gasteiger partial charge >= 0.3 is 5.69 Å². The summed E-state index contributed by atoms with van der Waals surface area (Å²) >= 11 is 0. The minimum absolute atomic E-state index is 0.0679. The first-order valence-corrected chi connectivity index (χ1v) is 19.6. The number of hydrogen-bond donors (Lipinski definition) is 7. The average Bonchev–Trinajstić information content (AvgIpc) is 3.55. The van der Waals surface area contributed by atoms with Crippen LogP contribution in [-0.2, 0) is 23.8 Å². The standard InChI is InChI=1S/C37H62N6O11/c1-4-5-6-7-8-9-10-11-12-13-14-15-16-19-39-33(49)23-17-20-41(2)26(34(50)42(23)3)31(54-36-30(48)27(45)24(22-38)52-36)32-28(46)29(47)35(53-32)43-21-18-25(44)40-37(43)51/h17-18,21,24,26-32,35-36,45-48H,4-16,19-20,22,38H2,1-3H3,(H,39,49)(H,40,44,51)/t24?,26-,27?,28?,29?,30?,31-,32?,35?,36?/m0/s1. The van der Waals surface area contributed by atoms with Crippen LogP contribution in [0, 0.1) is 0 Å². The highest BCUT2D eigenvalue weighted by Gasteiger charge is 2.55. The van der Waals surface area contributed by atoms with Gasteiger partial charge in [0.15, 0.2) is 12.5 Å². The molecule has 8 N–H and O–H groups in total. The van der Waals surface area contributed by atoms with Crippen LogP contribution in [0.25, 0.3) is 0 Å². The molecule has 3 aliphatic rings. The van der Waals surface area contributed by atoms with E-state index < -0.39 is 84.4 Å². The fraction of sp³-hybridized carbons (Fsp3) is 0.784. The lowest BCUT2D eigenvalue weighted by Crippen LogP contribution is -2.59. The zero-order chi connectivity index (χ0) is 39.4. The molecule has 54 heavy (non-hydrogen) atoms. The van der Waals surface area contributed by atoms with Crippen LogP contribution >= 0.6 is 0 Å². The van der Waals surface area contributed by atoms with Crippen LogP contribution in [0.1, 0.15) is 96.6 Å². The van der Waals surface area contributed by atoms with Crippen molar-refractivity contribution >= 4 is 11.8 Å². The van der Waals surface area contributed by atoms with E-state index in [0.717, 1.165) is 42.5 Å². The van der Waals surface area contributed by atoms with Crippen molar-refractivity contribution in [2.75, 3.05) is 33.7 Å². The smallest absolute Gasteiger partial charge is 0.330 e. The van der Waals surface area contributed by atoms with E-state index in [0.29, 0.717) is 6.54 Å². The number of H-pyrrole nitrogens is 1. The van der Waals surface area contributed by atoms with Crippen molar-refractivity contribution in [3.63, 3.8) is 0 Å². The zero-order valence-electron chi connectivity index (χ0n) is 31.9. The van der Waals surface area contributed by atoms with Crippen LogP contribution in [0.5, 0.6) is 0 Å². The maximum atomic E-state index is 14.3. The number of carbonyl (C=O) groups is 2. The van der Waals surface area contributed by atoms with Gasteiger partial charge in [-0.1, -0.05) is 84.0 Å². The maximum absolute atomic E-state index is 14.3. The minimum atomic E-state index is -1.75. The molecule has 0 bridgehead atoms. The molecule has 1 aromatic heterocycles. The molecule has 17 nitrogen and oxygen atoms in total. The van der Waals surface area contributed by atoms with Crippen molar-refractivity contribution in [2.24, 2.45) is 5.73 Å². The third-order valence-electron chi connectivity index (χ3n) is 10.7. The number of aliphatic hydroxyl groups excluding tert-OH is 4. The van der Waals surface area contributed by atoms with Gasteiger partial charge in [0.1, 0.15) is 54.5 Å². The molecule has 2 amide bonds. The van der Waals surface area contributed by atoms with Crippen LogP contribution < -0.4 is 22.3 Å². The van der Waals surface area contributed by atoms with Crippen molar-refractivity contribution < 1.29 is 44.2 Å². The third kappa shape index (κ3) is 11.1. The molecule has 8 unspecified atom stereocenters. The summed E-state index contributed by atoms with van der Waals surface area (Å²) in [6, 6.07) is -0.267. The number of hydrogen-bond acceptors (Lipinski definition) is 13. The maximum Gasteiger partial charge on any atom is 0.330 e. The molecule has 1 aromatic rings. The largest absolute Gasteiger partial charge is 0.387 e. The molecule has 0 spiro atoms. The van der Waals surface area contributed by atoms with E-state index in [-0.39, 0.29) is 18.8 Å². The van der Waals surface area contributed by atoms with E-state index in [2.05, 4.69) is 17.2 Å². The highest BCUT2D eigenvalue weighted by molar-refractivity contribution is 5.99. The Bertz CT molecular complexity index is 1490. The van der Waals surface area contributed by atoms with Gasteiger partial charge in [0.05, 0.1) is 0 Å². The molecule has 306 valence electrons. The Morgan fingerprint density at radius 2 is 1.52 bits per heavy atom.